The Labute approximate surface area is 196 Å². The van der Waals surface area contributed by atoms with E-state index in [1.54, 1.807) is 13.8 Å². The van der Waals surface area contributed by atoms with Crippen LogP contribution in [0.5, 0.6) is 0 Å². The van der Waals surface area contributed by atoms with Crippen LogP contribution in [0.2, 0.25) is 0 Å². The number of anilines is 2. The summed E-state index contributed by atoms with van der Waals surface area (Å²) in [5.41, 5.74) is 19.9. The molecular formula is C28H46N4. The van der Waals surface area contributed by atoms with Crippen LogP contribution >= 0.6 is 0 Å². The van der Waals surface area contributed by atoms with Gasteiger partial charge in [0.25, 0.3) is 0 Å². The van der Waals surface area contributed by atoms with Crippen LogP contribution in [0.3, 0.4) is 0 Å². The Morgan fingerprint density at radius 2 is 0.719 bits per heavy atom. The Morgan fingerprint density at radius 1 is 0.531 bits per heavy atom. The topological polar surface area (TPSA) is 99.7 Å². The summed E-state index contributed by atoms with van der Waals surface area (Å²) in [6.07, 6.45) is 0. The van der Waals surface area contributed by atoms with Gasteiger partial charge in [0.05, 0.1) is 0 Å². The number of benzene rings is 2. The van der Waals surface area contributed by atoms with E-state index < -0.39 is 0 Å². The Morgan fingerprint density at radius 3 is 0.844 bits per heavy atom. The molecule has 4 heteroatoms. The summed E-state index contributed by atoms with van der Waals surface area (Å²) < 4.78 is 0. The van der Waals surface area contributed by atoms with Crippen LogP contribution in [-0.4, -0.2) is 11.4 Å². The SMILES string of the molecule is CC(=N)C(C)=N.CC(C)c1cccc(C(C)C)c1N.CC(C)c1cccc(C(C)C)c1N. The summed E-state index contributed by atoms with van der Waals surface area (Å²) >= 11 is 0. The molecule has 0 bridgehead atoms. The fraction of sp³-hybridized carbons (Fsp3) is 0.500. The molecule has 0 radical (unpaired) electrons. The average Bonchev–Trinajstić information content (AvgIpc) is 2.68. The molecule has 0 aliphatic rings. The van der Waals surface area contributed by atoms with E-state index >= 15 is 0 Å². The minimum absolute atomic E-state index is 0.343. The first-order chi connectivity index (χ1) is 14.7. The second kappa shape index (κ2) is 13.7. The van der Waals surface area contributed by atoms with Crippen LogP contribution in [0.4, 0.5) is 11.4 Å². The van der Waals surface area contributed by atoms with Gasteiger partial charge in [0.1, 0.15) is 0 Å². The Hall–Kier alpha value is -2.62. The van der Waals surface area contributed by atoms with Gasteiger partial charge < -0.3 is 22.3 Å². The maximum atomic E-state index is 6.72. The molecule has 6 N–H and O–H groups in total. The summed E-state index contributed by atoms with van der Waals surface area (Å²) in [4.78, 5) is 0. The number of nitrogens with one attached hydrogen (secondary N) is 2. The minimum atomic E-state index is 0.343. The first-order valence-corrected chi connectivity index (χ1v) is 11.6. The molecule has 0 unspecified atom stereocenters. The molecule has 0 aliphatic carbocycles. The highest BCUT2D eigenvalue weighted by atomic mass is 14.6. The molecule has 4 nitrogen and oxygen atoms in total. The highest BCUT2D eigenvalue weighted by molar-refractivity contribution is 6.37. The smallest absolute Gasteiger partial charge is 0.0487 e. The van der Waals surface area contributed by atoms with E-state index in [-0.39, 0.29) is 0 Å². The molecule has 2 rings (SSSR count). The lowest BCUT2D eigenvalue weighted by molar-refractivity contribution is 0.839. The predicted molar refractivity (Wildman–Crippen MR) is 145 cm³/mol. The number of rotatable bonds is 5. The molecule has 2 aromatic rings. The lowest BCUT2D eigenvalue weighted by Gasteiger charge is -2.15. The summed E-state index contributed by atoms with van der Waals surface area (Å²) in [5, 5.41) is 13.4. The quantitative estimate of drug-likeness (QED) is 0.280. The van der Waals surface area contributed by atoms with E-state index in [2.05, 4.69) is 91.8 Å². The lowest BCUT2D eigenvalue weighted by Crippen LogP contribution is -2.02. The Bertz CT molecular complexity index is 751. The molecule has 2 aromatic carbocycles. The molecule has 0 heterocycles. The van der Waals surface area contributed by atoms with E-state index in [1.807, 2.05) is 0 Å². The van der Waals surface area contributed by atoms with Crippen molar-refractivity contribution in [2.75, 3.05) is 11.5 Å². The lowest BCUT2D eigenvalue weighted by atomic mass is 9.93. The number of nitrogens with two attached hydrogens (primary N) is 2. The maximum Gasteiger partial charge on any atom is 0.0487 e. The van der Waals surface area contributed by atoms with Crippen molar-refractivity contribution < 1.29 is 0 Å². The van der Waals surface area contributed by atoms with Crippen LogP contribution in [0.25, 0.3) is 0 Å². The molecule has 32 heavy (non-hydrogen) atoms. The molecule has 0 fully saturated rings. The van der Waals surface area contributed by atoms with Crippen molar-refractivity contribution >= 4 is 22.8 Å². The van der Waals surface area contributed by atoms with E-state index in [4.69, 9.17) is 22.3 Å². The zero-order chi connectivity index (χ0) is 25.2. The van der Waals surface area contributed by atoms with E-state index in [9.17, 15) is 0 Å². The van der Waals surface area contributed by atoms with Crippen LogP contribution in [0.15, 0.2) is 36.4 Å². The molecule has 0 atom stereocenters. The highest BCUT2D eigenvalue weighted by Gasteiger charge is 2.10. The molecular weight excluding hydrogens is 392 g/mol. The third-order valence-electron chi connectivity index (χ3n) is 5.40. The summed E-state index contributed by atoms with van der Waals surface area (Å²) in [5.74, 6) is 2.05. The largest absolute Gasteiger partial charge is 0.398 e. The zero-order valence-corrected chi connectivity index (χ0v) is 21.9. The van der Waals surface area contributed by atoms with Crippen molar-refractivity contribution in [2.24, 2.45) is 0 Å². The van der Waals surface area contributed by atoms with Gasteiger partial charge in [-0.25, -0.2) is 0 Å². The molecule has 0 spiro atoms. The molecule has 178 valence electrons. The molecule has 0 saturated carbocycles. The van der Waals surface area contributed by atoms with Gasteiger partial charge in [-0.3, -0.25) is 0 Å². The number of nitrogen functional groups attached to an aromatic ring is 2. The van der Waals surface area contributed by atoms with E-state index in [0.717, 1.165) is 11.4 Å². The van der Waals surface area contributed by atoms with Crippen molar-refractivity contribution in [3.63, 3.8) is 0 Å². The van der Waals surface area contributed by atoms with Crippen molar-refractivity contribution in [3.8, 4) is 0 Å². The normalized spacial score (nSPS) is 10.6. The molecule has 0 aliphatic heterocycles. The third-order valence-corrected chi connectivity index (χ3v) is 5.40. The third kappa shape index (κ3) is 9.25. The van der Waals surface area contributed by atoms with Gasteiger partial charge in [-0.15, -0.1) is 0 Å². The fourth-order valence-electron chi connectivity index (χ4n) is 3.22. The van der Waals surface area contributed by atoms with E-state index in [0.29, 0.717) is 35.1 Å². The standard InChI is InChI=1S/2C12H19N.C4H8N2/c2*1-8(2)10-6-5-7-11(9(3)4)12(10)13;1-3(5)4(2)6/h2*5-9H,13H2,1-4H3;5-6H,1-2H3. The summed E-state index contributed by atoms with van der Waals surface area (Å²) in [6.45, 7) is 20.6. The highest BCUT2D eigenvalue weighted by Crippen LogP contribution is 2.30. The minimum Gasteiger partial charge on any atom is -0.398 e. The fourth-order valence-corrected chi connectivity index (χ4v) is 3.22. The zero-order valence-electron chi connectivity index (χ0n) is 21.9. The van der Waals surface area contributed by atoms with Gasteiger partial charge in [-0.05, 0) is 59.8 Å². The summed E-state index contributed by atoms with van der Waals surface area (Å²) in [6, 6.07) is 12.7. The second-order valence-electron chi connectivity index (χ2n) is 9.57. The Kier molecular flexibility index (Phi) is 12.6. The monoisotopic (exact) mass is 438 g/mol. The van der Waals surface area contributed by atoms with Crippen molar-refractivity contribution in [1.29, 1.82) is 10.8 Å². The van der Waals surface area contributed by atoms with Gasteiger partial charge in [-0.2, -0.15) is 0 Å². The van der Waals surface area contributed by atoms with Gasteiger partial charge in [0.15, 0.2) is 0 Å². The average molecular weight is 439 g/mol. The van der Waals surface area contributed by atoms with Crippen LogP contribution < -0.4 is 11.5 Å². The molecule has 0 saturated heterocycles. The van der Waals surface area contributed by atoms with Crippen molar-refractivity contribution in [3.05, 3.63) is 58.7 Å². The Balaban J connectivity index is 0.000000484. The van der Waals surface area contributed by atoms with Crippen LogP contribution in [0.1, 0.15) is 115 Å². The molecule has 0 amide bonds. The summed E-state index contributed by atoms with van der Waals surface area (Å²) in [7, 11) is 0. The number of hydrogen-bond acceptors (Lipinski definition) is 4. The van der Waals surface area contributed by atoms with Gasteiger partial charge in [0.2, 0.25) is 0 Å². The van der Waals surface area contributed by atoms with Gasteiger partial charge >= 0.3 is 0 Å². The van der Waals surface area contributed by atoms with E-state index in [1.165, 1.54) is 22.3 Å². The van der Waals surface area contributed by atoms with Crippen molar-refractivity contribution in [2.45, 2.75) is 92.9 Å². The number of para-hydroxylation sites is 2. The van der Waals surface area contributed by atoms with Gasteiger partial charge in [0, 0.05) is 22.8 Å². The maximum absolute atomic E-state index is 6.72. The first-order valence-electron chi connectivity index (χ1n) is 11.6. The predicted octanol–water partition coefficient (Wildman–Crippen LogP) is 8.10. The van der Waals surface area contributed by atoms with Gasteiger partial charge in [-0.1, -0.05) is 91.8 Å². The van der Waals surface area contributed by atoms with Crippen LogP contribution in [-0.2, 0) is 0 Å². The molecule has 0 aromatic heterocycles. The van der Waals surface area contributed by atoms with Crippen LogP contribution in [0, 0.1) is 10.8 Å². The first kappa shape index (κ1) is 29.4. The second-order valence-corrected chi connectivity index (χ2v) is 9.57. The number of hydrogen-bond donors (Lipinski definition) is 4. The van der Waals surface area contributed by atoms with Crippen molar-refractivity contribution in [1.82, 2.24) is 0 Å².